The third-order valence-corrected chi connectivity index (χ3v) is 4.05. The fraction of sp³-hybridized carbons (Fsp3) is 0.533. The van der Waals surface area contributed by atoms with Gasteiger partial charge in [0.1, 0.15) is 11.6 Å². The normalized spacial score (nSPS) is 18.6. The van der Waals surface area contributed by atoms with Gasteiger partial charge in [-0.1, -0.05) is 0 Å². The van der Waals surface area contributed by atoms with Crippen molar-refractivity contribution in [1.82, 2.24) is 19.5 Å². The summed E-state index contributed by atoms with van der Waals surface area (Å²) in [5.74, 6) is 2.74. The minimum Gasteiger partial charge on any atom is -0.383 e. The maximum atomic E-state index is 5.69. The molecule has 0 spiro atoms. The SMILES string of the molecule is COCCn1ccnc1[C@H]1CCCN(c2ccnc(N)n2)C1. The predicted molar refractivity (Wildman–Crippen MR) is 84.7 cm³/mol. The van der Waals surface area contributed by atoms with Gasteiger partial charge in [0, 0.05) is 51.3 Å². The second kappa shape index (κ2) is 6.74. The summed E-state index contributed by atoms with van der Waals surface area (Å²) in [4.78, 5) is 15.1. The summed E-state index contributed by atoms with van der Waals surface area (Å²) in [6.07, 6.45) is 7.86. The molecule has 7 nitrogen and oxygen atoms in total. The summed E-state index contributed by atoms with van der Waals surface area (Å²) in [7, 11) is 1.72. The van der Waals surface area contributed by atoms with Gasteiger partial charge in [0.15, 0.2) is 0 Å². The molecule has 1 saturated heterocycles. The Morgan fingerprint density at radius 2 is 2.27 bits per heavy atom. The Hall–Kier alpha value is -2.15. The number of anilines is 2. The van der Waals surface area contributed by atoms with E-state index < -0.39 is 0 Å². The molecule has 1 atom stereocenters. The summed E-state index contributed by atoms with van der Waals surface area (Å²) in [6.45, 7) is 3.43. The summed E-state index contributed by atoms with van der Waals surface area (Å²) in [5, 5.41) is 0. The molecule has 2 N–H and O–H groups in total. The van der Waals surface area contributed by atoms with Crippen LogP contribution in [0.3, 0.4) is 0 Å². The molecular weight excluding hydrogens is 280 g/mol. The lowest BCUT2D eigenvalue weighted by Crippen LogP contribution is -2.36. The summed E-state index contributed by atoms with van der Waals surface area (Å²) >= 11 is 0. The van der Waals surface area contributed by atoms with Crippen LogP contribution in [0.1, 0.15) is 24.6 Å². The molecule has 0 aromatic carbocycles. The number of nitrogens with two attached hydrogens (primary N) is 1. The lowest BCUT2D eigenvalue weighted by Gasteiger charge is -2.33. The highest BCUT2D eigenvalue weighted by molar-refractivity contribution is 5.42. The van der Waals surface area contributed by atoms with Gasteiger partial charge in [-0.3, -0.25) is 0 Å². The molecule has 0 bridgehead atoms. The van der Waals surface area contributed by atoms with Crippen molar-refractivity contribution in [2.24, 2.45) is 0 Å². The van der Waals surface area contributed by atoms with Gasteiger partial charge in [0.2, 0.25) is 5.95 Å². The predicted octanol–water partition coefficient (Wildman–Crippen LogP) is 1.29. The van der Waals surface area contributed by atoms with E-state index in [-0.39, 0.29) is 0 Å². The molecule has 7 heteroatoms. The van der Waals surface area contributed by atoms with E-state index >= 15 is 0 Å². The Bertz CT molecular complexity index is 614. The summed E-state index contributed by atoms with van der Waals surface area (Å²) in [5.41, 5.74) is 5.69. The van der Waals surface area contributed by atoms with Crippen LogP contribution < -0.4 is 10.6 Å². The first kappa shape index (κ1) is 14.8. The average molecular weight is 302 g/mol. The van der Waals surface area contributed by atoms with Gasteiger partial charge in [-0.25, -0.2) is 9.97 Å². The Balaban J connectivity index is 1.74. The number of aromatic nitrogens is 4. The molecule has 0 saturated carbocycles. The number of piperidine rings is 1. The van der Waals surface area contributed by atoms with Crippen molar-refractivity contribution >= 4 is 11.8 Å². The summed E-state index contributed by atoms with van der Waals surface area (Å²) in [6, 6.07) is 1.91. The van der Waals surface area contributed by atoms with Crippen LogP contribution in [0.4, 0.5) is 11.8 Å². The van der Waals surface area contributed by atoms with Gasteiger partial charge in [-0.2, -0.15) is 4.98 Å². The van der Waals surface area contributed by atoms with E-state index in [0.29, 0.717) is 18.5 Å². The summed E-state index contributed by atoms with van der Waals surface area (Å²) < 4.78 is 7.36. The quantitative estimate of drug-likeness (QED) is 0.896. The van der Waals surface area contributed by atoms with Crippen LogP contribution in [0.15, 0.2) is 24.7 Å². The first-order valence-corrected chi connectivity index (χ1v) is 7.61. The van der Waals surface area contributed by atoms with Crippen LogP contribution in [-0.4, -0.2) is 46.3 Å². The van der Waals surface area contributed by atoms with E-state index in [4.69, 9.17) is 10.5 Å². The van der Waals surface area contributed by atoms with Crippen LogP contribution in [0, 0.1) is 0 Å². The highest BCUT2D eigenvalue weighted by atomic mass is 16.5. The van der Waals surface area contributed by atoms with Gasteiger partial charge in [-0.15, -0.1) is 0 Å². The second-order valence-corrected chi connectivity index (χ2v) is 5.53. The zero-order valence-corrected chi connectivity index (χ0v) is 12.9. The molecule has 0 radical (unpaired) electrons. The molecule has 0 unspecified atom stereocenters. The molecule has 22 heavy (non-hydrogen) atoms. The van der Waals surface area contributed by atoms with Crippen molar-refractivity contribution in [2.45, 2.75) is 25.3 Å². The minimum atomic E-state index is 0.321. The zero-order chi connectivity index (χ0) is 15.4. The first-order chi connectivity index (χ1) is 10.8. The third kappa shape index (κ3) is 3.19. The van der Waals surface area contributed by atoms with Crippen molar-refractivity contribution in [2.75, 3.05) is 37.4 Å². The van der Waals surface area contributed by atoms with Gasteiger partial charge in [0.05, 0.1) is 6.61 Å². The smallest absolute Gasteiger partial charge is 0.221 e. The van der Waals surface area contributed by atoms with Gasteiger partial charge in [0.25, 0.3) is 0 Å². The Morgan fingerprint density at radius 1 is 1.36 bits per heavy atom. The zero-order valence-electron chi connectivity index (χ0n) is 12.9. The highest BCUT2D eigenvalue weighted by Gasteiger charge is 2.25. The van der Waals surface area contributed by atoms with Crippen LogP contribution in [0.5, 0.6) is 0 Å². The maximum Gasteiger partial charge on any atom is 0.221 e. The van der Waals surface area contributed by atoms with Crippen molar-refractivity contribution < 1.29 is 4.74 Å². The number of imidazole rings is 1. The Morgan fingerprint density at radius 3 is 3.09 bits per heavy atom. The molecule has 0 aliphatic carbocycles. The highest BCUT2D eigenvalue weighted by Crippen LogP contribution is 2.28. The topological polar surface area (TPSA) is 82.1 Å². The first-order valence-electron chi connectivity index (χ1n) is 7.61. The van der Waals surface area contributed by atoms with Crippen LogP contribution in [0.2, 0.25) is 0 Å². The van der Waals surface area contributed by atoms with Crippen LogP contribution in [-0.2, 0) is 11.3 Å². The molecule has 2 aromatic rings. The van der Waals surface area contributed by atoms with E-state index in [1.807, 2.05) is 18.5 Å². The Labute approximate surface area is 130 Å². The molecule has 3 rings (SSSR count). The third-order valence-electron chi connectivity index (χ3n) is 4.05. The van der Waals surface area contributed by atoms with Crippen LogP contribution in [0.25, 0.3) is 0 Å². The second-order valence-electron chi connectivity index (χ2n) is 5.53. The van der Waals surface area contributed by atoms with E-state index in [2.05, 4.69) is 24.4 Å². The monoisotopic (exact) mass is 302 g/mol. The number of methoxy groups -OCH3 is 1. The lowest BCUT2D eigenvalue weighted by molar-refractivity contribution is 0.185. The molecule has 1 aliphatic rings. The van der Waals surface area contributed by atoms with E-state index in [1.165, 1.54) is 0 Å². The Kier molecular flexibility index (Phi) is 4.53. The molecular formula is C15H22N6O. The fourth-order valence-corrected chi connectivity index (χ4v) is 3.00. The fourth-order valence-electron chi connectivity index (χ4n) is 3.00. The molecule has 118 valence electrons. The number of nitrogens with zero attached hydrogens (tertiary/aromatic N) is 5. The molecule has 1 aliphatic heterocycles. The van der Waals surface area contributed by atoms with E-state index in [1.54, 1.807) is 13.3 Å². The minimum absolute atomic E-state index is 0.321. The lowest BCUT2D eigenvalue weighted by atomic mass is 9.97. The number of ether oxygens (including phenoxy) is 1. The van der Waals surface area contributed by atoms with Gasteiger partial charge >= 0.3 is 0 Å². The number of nitrogen functional groups attached to an aromatic ring is 1. The number of rotatable bonds is 5. The van der Waals surface area contributed by atoms with Gasteiger partial charge < -0.3 is 19.9 Å². The van der Waals surface area contributed by atoms with Crippen molar-refractivity contribution in [3.63, 3.8) is 0 Å². The van der Waals surface area contributed by atoms with E-state index in [0.717, 1.165) is 44.1 Å². The largest absolute Gasteiger partial charge is 0.383 e. The standard InChI is InChI=1S/C15H22N6O/c1-22-10-9-20-8-6-17-14(20)12-3-2-7-21(11-12)13-4-5-18-15(16)19-13/h4-6,8,12H,2-3,7,9-11H2,1H3,(H2,16,18,19)/t12-/m0/s1. The number of hydrogen-bond donors (Lipinski definition) is 1. The molecule has 0 amide bonds. The maximum absolute atomic E-state index is 5.69. The van der Waals surface area contributed by atoms with Crippen LogP contribution >= 0.6 is 0 Å². The van der Waals surface area contributed by atoms with E-state index in [9.17, 15) is 0 Å². The molecule has 2 aromatic heterocycles. The van der Waals surface area contributed by atoms with Gasteiger partial charge in [-0.05, 0) is 18.9 Å². The number of hydrogen-bond acceptors (Lipinski definition) is 6. The molecule has 1 fully saturated rings. The molecule has 3 heterocycles. The van der Waals surface area contributed by atoms with Crippen molar-refractivity contribution in [3.8, 4) is 0 Å². The van der Waals surface area contributed by atoms with Crippen molar-refractivity contribution in [1.29, 1.82) is 0 Å². The average Bonchev–Trinajstić information content (AvgIpc) is 3.01. The van der Waals surface area contributed by atoms with Crippen molar-refractivity contribution in [3.05, 3.63) is 30.5 Å².